The molecule has 32 heavy (non-hydrogen) atoms. The summed E-state index contributed by atoms with van der Waals surface area (Å²) in [6, 6.07) is 5.60. The Balaban J connectivity index is 1.63. The zero-order valence-electron chi connectivity index (χ0n) is 18.1. The first-order valence-electron chi connectivity index (χ1n) is 10.6. The molecule has 3 N–H and O–H groups in total. The number of amides is 1. The Bertz CT molecular complexity index is 1310. The van der Waals surface area contributed by atoms with Crippen LogP contribution >= 0.6 is 0 Å². The molecular weight excluding hydrogens is 410 g/mol. The van der Waals surface area contributed by atoms with Gasteiger partial charge in [0.05, 0.1) is 37.3 Å². The Morgan fingerprint density at radius 2 is 2.16 bits per heavy atom. The first-order chi connectivity index (χ1) is 15.5. The molecular formula is C22H25N7O3. The van der Waals surface area contributed by atoms with Crippen molar-refractivity contribution in [3.8, 4) is 11.3 Å². The van der Waals surface area contributed by atoms with E-state index < -0.39 is 12.1 Å². The molecule has 10 heteroatoms. The Morgan fingerprint density at radius 3 is 2.88 bits per heavy atom. The highest BCUT2D eigenvalue weighted by molar-refractivity contribution is 6.01. The van der Waals surface area contributed by atoms with Crippen molar-refractivity contribution in [2.75, 3.05) is 25.6 Å². The van der Waals surface area contributed by atoms with Crippen molar-refractivity contribution < 1.29 is 14.6 Å². The van der Waals surface area contributed by atoms with E-state index in [4.69, 9.17) is 9.72 Å². The van der Waals surface area contributed by atoms with Gasteiger partial charge in [0.25, 0.3) is 5.91 Å². The summed E-state index contributed by atoms with van der Waals surface area (Å²) >= 11 is 0. The molecule has 0 bridgehead atoms. The second kappa shape index (κ2) is 7.88. The predicted molar refractivity (Wildman–Crippen MR) is 120 cm³/mol. The monoisotopic (exact) mass is 435 g/mol. The minimum absolute atomic E-state index is 0.208. The van der Waals surface area contributed by atoms with Crippen LogP contribution in [0.15, 0.2) is 36.8 Å². The molecule has 1 fully saturated rings. The van der Waals surface area contributed by atoms with Gasteiger partial charge < -0.3 is 25.0 Å². The van der Waals surface area contributed by atoms with Crippen LogP contribution in [0.4, 0.5) is 5.82 Å². The standard InChI is InChI=1S/C22H25N7O3/c1-12(2)28-9-15(13-5-4-6-24-20(13)28)16-7-19(23-3)29-21(26-16)14(8-25-29)22(31)27-17-10-32-11-18(17)30/h4-9,12,17-18,23,30H,10-11H2,1-3H3,(H,27,31)/t17-,18+/m0/s1. The quantitative estimate of drug-likeness (QED) is 0.438. The van der Waals surface area contributed by atoms with Crippen LogP contribution in [-0.4, -0.2) is 67.6 Å². The summed E-state index contributed by atoms with van der Waals surface area (Å²) in [5.41, 5.74) is 3.26. The smallest absolute Gasteiger partial charge is 0.257 e. The van der Waals surface area contributed by atoms with Crippen molar-refractivity contribution in [1.29, 1.82) is 0 Å². The fourth-order valence-corrected chi connectivity index (χ4v) is 4.05. The summed E-state index contributed by atoms with van der Waals surface area (Å²) in [5, 5.41) is 21.3. The van der Waals surface area contributed by atoms with Gasteiger partial charge in [-0.15, -0.1) is 0 Å². The molecule has 1 aliphatic heterocycles. The molecule has 0 spiro atoms. The van der Waals surface area contributed by atoms with Crippen LogP contribution < -0.4 is 10.6 Å². The van der Waals surface area contributed by atoms with Crippen LogP contribution in [0.3, 0.4) is 0 Å². The molecule has 10 nitrogen and oxygen atoms in total. The fraction of sp³-hybridized carbons (Fsp3) is 0.364. The Hall–Kier alpha value is -3.50. The van der Waals surface area contributed by atoms with Gasteiger partial charge in [-0.05, 0) is 26.0 Å². The molecule has 1 aliphatic rings. The van der Waals surface area contributed by atoms with Crippen LogP contribution in [0.1, 0.15) is 30.2 Å². The number of ether oxygens (including phenoxy) is 1. The number of aliphatic hydroxyl groups excluding tert-OH is 1. The number of carbonyl (C=O) groups is 1. The highest BCUT2D eigenvalue weighted by atomic mass is 16.5. The number of hydrogen-bond acceptors (Lipinski definition) is 7. The number of pyridine rings is 1. The molecule has 1 amide bonds. The maximum absolute atomic E-state index is 13.0. The van der Waals surface area contributed by atoms with Gasteiger partial charge in [-0.1, -0.05) is 0 Å². The number of rotatable bonds is 5. The van der Waals surface area contributed by atoms with E-state index in [1.54, 1.807) is 17.8 Å². The lowest BCUT2D eigenvalue weighted by molar-refractivity contribution is 0.0888. The molecule has 5 rings (SSSR count). The van der Waals surface area contributed by atoms with Crippen molar-refractivity contribution in [1.82, 2.24) is 29.5 Å². The van der Waals surface area contributed by atoms with Gasteiger partial charge in [0, 0.05) is 42.5 Å². The highest BCUT2D eigenvalue weighted by Gasteiger charge is 2.29. The van der Waals surface area contributed by atoms with Gasteiger partial charge in [0.15, 0.2) is 5.65 Å². The van der Waals surface area contributed by atoms with E-state index >= 15 is 0 Å². The van der Waals surface area contributed by atoms with Gasteiger partial charge >= 0.3 is 0 Å². The number of nitrogens with zero attached hydrogens (tertiary/aromatic N) is 5. The number of hydrogen-bond donors (Lipinski definition) is 3. The van der Waals surface area contributed by atoms with Crippen molar-refractivity contribution in [2.24, 2.45) is 0 Å². The number of fused-ring (bicyclic) bond motifs is 2. The Labute approximate surface area is 184 Å². The number of nitrogens with one attached hydrogen (secondary N) is 2. The van der Waals surface area contributed by atoms with Gasteiger partial charge in [-0.25, -0.2) is 9.97 Å². The van der Waals surface area contributed by atoms with Crippen molar-refractivity contribution in [2.45, 2.75) is 32.0 Å². The summed E-state index contributed by atoms with van der Waals surface area (Å²) in [7, 11) is 1.80. The van der Waals surface area contributed by atoms with Crippen LogP contribution in [0, 0.1) is 0 Å². The molecule has 0 unspecified atom stereocenters. The molecule has 4 aromatic heterocycles. The van der Waals surface area contributed by atoms with Crippen LogP contribution in [0.25, 0.3) is 27.9 Å². The average Bonchev–Trinajstić information content (AvgIpc) is 3.50. The van der Waals surface area contributed by atoms with Crippen LogP contribution in [0.2, 0.25) is 0 Å². The summed E-state index contributed by atoms with van der Waals surface area (Å²) in [6.45, 7) is 4.69. The predicted octanol–water partition coefficient (Wildman–Crippen LogP) is 1.86. The van der Waals surface area contributed by atoms with E-state index in [0.717, 1.165) is 16.6 Å². The van der Waals surface area contributed by atoms with E-state index in [1.165, 1.54) is 6.20 Å². The maximum atomic E-state index is 13.0. The molecule has 1 saturated heterocycles. The highest BCUT2D eigenvalue weighted by Crippen LogP contribution is 2.32. The molecule has 2 atom stereocenters. The number of aliphatic hydroxyl groups is 1. The third kappa shape index (κ3) is 3.28. The second-order valence-corrected chi connectivity index (χ2v) is 8.17. The third-order valence-corrected chi connectivity index (χ3v) is 5.76. The molecule has 4 aromatic rings. The van der Waals surface area contributed by atoms with Crippen LogP contribution in [-0.2, 0) is 4.74 Å². The molecule has 0 saturated carbocycles. The second-order valence-electron chi connectivity index (χ2n) is 8.17. The summed E-state index contributed by atoms with van der Waals surface area (Å²) in [5.74, 6) is 0.343. The van der Waals surface area contributed by atoms with E-state index in [9.17, 15) is 9.90 Å². The summed E-state index contributed by atoms with van der Waals surface area (Å²) in [6.07, 6.45) is 4.58. The van der Waals surface area contributed by atoms with E-state index in [2.05, 4.69) is 39.1 Å². The first kappa shape index (κ1) is 20.4. The molecule has 166 valence electrons. The number of carbonyl (C=O) groups excluding carboxylic acids is 1. The Morgan fingerprint density at radius 1 is 1.31 bits per heavy atom. The first-order valence-corrected chi connectivity index (χ1v) is 10.6. The van der Waals surface area contributed by atoms with Crippen LogP contribution in [0.5, 0.6) is 0 Å². The topological polar surface area (TPSA) is 119 Å². The minimum Gasteiger partial charge on any atom is -0.388 e. The molecule has 0 radical (unpaired) electrons. The van der Waals surface area contributed by atoms with Crippen molar-refractivity contribution in [3.05, 3.63) is 42.4 Å². The average molecular weight is 435 g/mol. The van der Waals surface area contributed by atoms with Crippen molar-refractivity contribution in [3.63, 3.8) is 0 Å². The fourth-order valence-electron chi connectivity index (χ4n) is 4.05. The SMILES string of the molecule is CNc1cc(-c2cn(C(C)C)c3ncccc23)nc2c(C(=O)N[C@H]3COC[C@H]3O)cnn12. The summed E-state index contributed by atoms with van der Waals surface area (Å²) < 4.78 is 8.94. The van der Waals surface area contributed by atoms with Gasteiger partial charge in [-0.2, -0.15) is 9.61 Å². The van der Waals surface area contributed by atoms with Gasteiger partial charge in [0.1, 0.15) is 17.0 Å². The van der Waals surface area contributed by atoms with Gasteiger partial charge in [0.2, 0.25) is 0 Å². The third-order valence-electron chi connectivity index (χ3n) is 5.76. The number of anilines is 1. The minimum atomic E-state index is -0.730. The number of aromatic nitrogens is 5. The zero-order chi connectivity index (χ0) is 22.4. The molecule has 0 aromatic carbocycles. The van der Waals surface area contributed by atoms with E-state index in [1.807, 2.05) is 24.4 Å². The lowest BCUT2D eigenvalue weighted by Gasteiger charge is -2.14. The largest absolute Gasteiger partial charge is 0.388 e. The summed E-state index contributed by atoms with van der Waals surface area (Å²) in [4.78, 5) is 22.3. The lowest BCUT2D eigenvalue weighted by Crippen LogP contribution is -2.42. The van der Waals surface area contributed by atoms with Gasteiger partial charge in [-0.3, -0.25) is 4.79 Å². The Kier molecular flexibility index (Phi) is 5.03. The van der Waals surface area contributed by atoms with E-state index in [-0.39, 0.29) is 25.2 Å². The zero-order valence-corrected chi connectivity index (χ0v) is 18.1. The maximum Gasteiger partial charge on any atom is 0.257 e. The van der Waals surface area contributed by atoms with E-state index in [0.29, 0.717) is 22.7 Å². The normalized spacial score (nSPS) is 18.7. The molecule has 0 aliphatic carbocycles. The molecule has 5 heterocycles. The van der Waals surface area contributed by atoms with Crippen molar-refractivity contribution >= 4 is 28.4 Å². The lowest BCUT2D eigenvalue weighted by atomic mass is 10.1.